The van der Waals surface area contributed by atoms with E-state index >= 15 is 0 Å². The minimum absolute atomic E-state index is 0.0774. The first-order chi connectivity index (χ1) is 6.24. The van der Waals surface area contributed by atoms with Crippen molar-refractivity contribution in [2.45, 2.75) is 52.4 Å². The van der Waals surface area contributed by atoms with Crippen molar-refractivity contribution < 1.29 is 4.79 Å². The Hall–Kier alpha value is 0.150. The van der Waals surface area contributed by atoms with Gasteiger partial charge in [0.05, 0.1) is 0 Å². The highest BCUT2D eigenvalue weighted by Gasteiger charge is 2.26. The van der Waals surface area contributed by atoms with E-state index in [1.165, 1.54) is 12.8 Å². The minimum atomic E-state index is -0.0774. The van der Waals surface area contributed by atoms with Crippen LogP contribution in [-0.2, 0) is 4.79 Å². The average Bonchev–Trinajstić information content (AvgIpc) is 2.20. The maximum absolute atomic E-state index is 11.0. The van der Waals surface area contributed by atoms with Crippen molar-refractivity contribution in [1.29, 1.82) is 0 Å². The normalized spacial score (nSPS) is 11.6. The number of hydrogen-bond donors (Lipinski definition) is 0. The molecule has 1 nitrogen and oxygen atoms in total. The lowest BCUT2D eigenvalue weighted by molar-refractivity contribution is -0.115. The largest absolute Gasteiger partial charge is 0.303 e. The summed E-state index contributed by atoms with van der Waals surface area (Å²) in [6, 6.07) is 0. The molecule has 13 heavy (non-hydrogen) atoms. The van der Waals surface area contributed by atoms with E-state index in [1.807, 2.05) is 0 Å². The van der Waals surface area contributed by atoms with Gasteiger partial charge >= 0.3 is 0 Å². The van der Waals surface area contributed by atoms with Crippen LogP contribution in [0, 0.1) is 5.41 Å². The molecule has 0 aliphatic carbocycles. The first-order valence-electron chi connectivity index (χ1n) is 5.27. The summed E-state index contributed by atoms with van der Waals surface area (Å²) < 4.78 is 0. The van der Waals surface area contributed by atoms with E-state index < -0.39 is 0 Å². The van der Waals surface area contributed by atoms with Crippen LogP contribution in [0.15, 0.2) is 0 Å². The Bertz CT molecular complexity index is 126. The zero-order valence-electron chi connectivity index (χ0n) is 8.81. The Morgan fingerprint density at radius 3 is 1.85 bits per heavy atom. The van der Waals surface area contributed by atoms with Gasteiger partial charge in [0.2, 0.25) is 0 Å². The predicted molar refractivity (Wildman–Crippen MR) is 61.3 cm³/mol. The van der Waals surface area contributed by atoms with Gasteiger partial charge in [-0.3, -0.25) is 0 Å². The summed E-state index contributed by atoms with van der Waals surface area (Å²) in [5, 5.41) is 0.823. The third kappa shape index (κ3) is 4.80. The average molecular weight is 249 g/mol. The molecule has 0 atom stereocenters. The molecule has 0 aliphatic rings. The second-order valence-corrected chi connectivity index (χ2v) is 4.38. The lowest BCUT2D eigenvalue weighted by Gasteiger charge is -2.25. The van der Waals surface area contributed by atoms with Gasteiger partial charge in [-0.25, -0.2) is 0 Å². The van der Waals surface area contributed by atoms with Gasteiger partial charge in [0, 0.05) is 10.7 Å². The summed E-state index contributed by atoms with van der Waals surface area (Å²) in [7, 11) is 0. The molecule has 0 heterocycles. The molecule has 0 aliphatic heterocycles. The van der Waals surface area contributed by atoms with E-state index in [1.54, 1.807) is 0 Å². The number of aldehydes is 1. The molecule has 0 bridgehead atoms. The molecule has 0 fully saturated rings. The first-order valence-corrected chi connectivity index (χ1v) is 6.39. The molecule has 0 aromatic rings. The lowest BCUT2D eigenvalue weighted by Crippen LogP contribution is -2.24. The van der Waals surface area contributed by atoms with Gasteiger partial charge in [0.1, 0.15) is 6.29 Å². The van der Waals surface area contributed by atoms with E-state index in [0.29, 0.717) is 0 Å². The van der Waals surface area contributed by atoms with Crippen molar-refractivity contribution in [1.82, 2.24) is 0 Å². The minimum Gasteiger partial charge on any atom is -0.303 e. The SMILES string of the molecule is CCCCC(C=O)(CBr)CCCC. The summed E-state index contributed by atoms with van der Waals surface area (Å²) in [5.41, 5.74) is -0.0774. The molecular formula is C11H21BrO. The van der Waals surface area contributed by atoms with E-state index in [-0.39, 0.29) is 5.41 Å². The van der Waals surface area contributed by atoms with Gasteiger partial charge < -0.3 is 4.79 Å². The number of hydrogen-bond acceptors (Lipinski definition) is 1. The van der Waals surface area contributed by atoms with Gasteiger partial charge in [-0.05, 0) is 12.8 Å². The highest BCUT2D eigenvalue weighted by atomic mass is 79.9. The molecule has 0 rings (SSSR count). The molecular weight excluding hydrogens is 228 g/mol. The van der Waals surface area contributed by atoms with Crippen molar-refractivity contribution in [3.63, 3.8) is 0 Å². The molecule has 0 radical (unpaired) electrons. The Labute approximate surface area is 90.4 Å². The zero-order valence-corrected chi connectivity index (χ0v) is 10.4. The number of carbonyl (C=O) groups excluding carboxylic acids is 1. The smallest absolute Gasteiger partial charge is 0.126 e. The second-order valence-electron chi connectivity index (χ2n) is 3.82. The van der Waals surface area contributed by atoms with Crippen molar-refractivity contribution >= 4 is 22.2 Å². The fraction of sp³-hybridized carbons (Fsp3) is 0.909. The summed E-state index contributed by atoms with van der Waals surface area (Å²) in [4.78, 5) is 11.0. The van der Waals surface area contributed by atoms with E-state index in [4.69, 9.17) is 0 Å². The molecule has 0 unspecified atom stereocenters. The van der Waals surface area contributed by atoms with Crippen LogP contribution in [0.2, 0.25) is 0 Å². The van der Waals surface area contributed by atoms with Crippen LogP contribution in [0.1, 0.15) is 52.4 Å². The maximum atomic E-state index is 11.0. The third-order valence-electron chi connectivity index (χ3n) is 2.57. The molecule has 0 saturated heterocycles. The van der Waals surface area contributed by atoms with E-state index in [9.17, 15) is 4.79 Å². The van der Waals surface area contributed by atoms with Crippen LogP contribution in [0.5, 0.6) is 0 Å². The predicted octanol–water partition coefficient (Wildman–Crippen LogP) is 3.95. The van der Waals surface area contributed by atoms with Gasteiger partial charge in [0.25, 0.3) is 0 Å². The van der Waals surface area contributed by atoms with Crippen LogP contribution in [0.3, 0.4) is 0 Å². The standard InChI is InChI=1S/C11H21BrO/c1-3-5-7-11(9-12,10-13)8-6-4-2/h10H,3-9H2,1-2H3. The molecule has 0 N–H and O–H groups in total. The highest BCUT2D eigenvalue weighted by Crippen LogP contribution is 2.30. The Morgan fingerprint density at radius 1 is 1.15 bits per heavy atom. The molecule has 78 valence electrons. The summed E-state index contributed by atoms with van der Waals surface area (Å²) in [5.74, 6) is 0. The summed E-state index contributed by atoms with van der Waals surface area (Å²) in [6.45, 7) is 4.34. The number of carbonyl (C=O) groups is 1. The number of rotatable bonds is 8. The van der Waals surface area contributed by atoms with Crippen LogP contribution < -0.4 is 0 Å². The summed E-state index contributed by atoms with van der Waals surface area (Å²) in [6.07, 6.45) is 7.91. The number of alkyl halides is 1. The van der Waals surface area contributed by atoms with Gasteiger partial charge in [0.15, 0.2) is 0 Å². The topological polar surface area (TPSA) is 17.1 Å². The van der Waals surface area contributed by atoms with Crippen molar-refractivity contribution in [2.75, 3.05) is 5.33 Å². The van der Waals surface area contributed by atoms with Gasteiger partial charge in [-0.2, -0.15) is 0 Å². The molecule has 0 spiro atoms. The Balaban J connectivity index is 4.04. The number of unbranched alkanes of at least 4 members (excludes halogenated alkanes) is 2. The Morgan fingerprint density at radius 2 is 1.62 bits per heavy atom. The third-order valence-corrected chi connectivity index (χ3v) is 3.69. The first kappa shape index (κ1) is 13.2. The maximum Gasteiger partial charge on any atom is 0.126 e. The fourth-order valence-electron chi connectivity index (χ4n) is 1.47. The van der Waals surface area contributed by atoms with Crippen LogP contribution in [-0.4, -0.2) is 11.6 Å². The van der Waals surface area contributed by atoms with Crippen molar-refractivity contribution in [3.05, 3.63) is 0 Å². The monoisotopic (exact) mass is 248 g/mol. The quantitative estimate of drug-likeness (QED) is 0.470. The molecule has 2 heteroatoms. The van der Waals surface area contributed by atoms with Crippen LogP contribution in [0.25, 0.3) is 0 Å². The molecule has 0 saturated carbocycles. The fourth-order valence-corrected chi connectivity index (χ4v) is 2.16. The lowest BCUT2D eigenvalue weighted by atomic mass is 9.82. The zero-order chi connectivity index (χ0) is 10.2. The second kappa shape index (κ2) is 7.54. The van der Waals surface area contributed by atoms with Crippen LogP contribution >= 0.6 is 15.9 Å². The highest BCUT2D eigenvalue weighted by molar-refractivity contribution is 9.09. The van der Waals surface area contributed by atoms with Gasteiger partial charge in [-0.1, -0.05) is 55.5 Å². The molecule has 0 aromatic carbocycles. The van der Waals surface area contributed by atoms with Crippen molar-refractivity contribution in [2.24, 2.45) is 5.41 Å². The van der Waals surface area contributed by atoms with Gasteiger partial charge in [-0.15, -0.1) is 0 Å². The van der Waals surface area contributed by atoms with E-state index in [0.717, 1.165) is 37.3 Å². The summed E-state index contributed by atoms with van der Waals surface area (Å²) >= 11 is 3.46. The van der Waals surface area contributed by atoms with Crippen LogP contribution in [0.4, 0.5) is 0 Å². The van der Waals surface area contributed by atoms with Crippen molar-refractivity contribution in [3.8, 4) is 0 Å². The molecule has 0 amide bonds. The number of halogens is 1. The van der Waals surface area contributed by atoms with E-state index in [2.05, 4.69) is 29.8 Å². The Kier molecular flexibility index (Phi) is 7.63. The molecule has 0 aromatic heterocycles.